The van der Waals surface area contributed by atoms with Gasteiger partial charge >= 0.3 is 0 Å². The summed E-state index contributed by atoms with van der Waals surface area (Å²) in [5, 5.41) is 0. The minimum absolute atomic E-state index is 0.127. The molecule has 2 aromatic carbocycles. The number of likely N-dealkylation sites (tertiary alicyclic amines) is 1. The number of benzene rings is 2. The Labute approximate surface area is 132 Å². The van der Waals surface area contributed by atoms with Crippen LogP contribution in [0, 0.1) is 0 Å². The molecule has 1 atom stereocenters. The van der Waals surface area contributed by atoms with E-state index in [1.807, 2.05) is 47.4 Å². The molecule has 22 heavy (non-hydrogen) atoms. The SMILES string of the molecule is O=C(/C=C/c1ccccc1)N1CCCC1Cc1ccccc1. The minimum Gasteiger partial charge on any atom is -0.336 e. The van der Waals surface area contributed by atoms with E-state index in [1.165, 1.54) is 5.56 Å². The minimum atomic E-state index is 0.127. The van der Waals surface area contributed by atoms with Crippen LogP contribution in [0.4, 0.5) is 0 Å². The summed E-state index contributed by atoms with van der Waals surface area (Å²) in [5.41, 5.74) is 2.37. The maximum absolute atomic E-state index is 12.5. The fraction of sp³-hybridized carbons (Fsp3) is 0.250. The second-order valence-corrected chi connectivity index (χ2v) is 5.76. The van der Waals surface area contributed by atoms with Gasteiger partial charge in [0.05, 0.1) is 0 Å². The third kappa shape index (κ3) is 3.64. The van der Waals surface area contributed by atoms with Crippen molar-refractivity contribution in [1.29, 1.82) is 0 Å². The molecule has 1 heterocycles. The molecule has 1 aliphatic heterocycles. The van der Waals surface area contributed by atoms with Gasteiger partial charge < -0.3 is 4.90 Å². The molecule has 0 saturated carbocycles. The van der Waals surface area contributed by atoms with Crippen LogP contribution in [0.15, 0.2) is 66.7 Å². The Bertz CT molecular complexity index is 633. The Morgan fingerprint density at radius 1 is 1.05 bits per heavy atom. The van der Waals surface area contributed by atoms with Gasteiger partial charge in [0.15, 0.2) is 0 Å². The molecule has 0 spiro atoms. The van der Waals surface area contributed by atoms with Crippen LogP contribution in [-0.4, -0.2) is 23.4 Å². The van der Waals surface area contributed by atoms with Crippen LogP contribution in [0.3, 0.4) is 0 Å². The van der Waals surface area contributed by atoms with Crippen LogP contribution >= 0.6 is 0 Å². The van der Waals surface area contributed by atoms with E-state index < -0.39 is 0 Å². The fourth-order valence-electron chi connectivity index (χ4n) is 3.05. The molecule has 0 aliphatic carbocycles. The zero-order valence-corrected chi connectivity index (χ0v) is 12.7. The Morgan fingerprint density at radius 2 is 1.73 bits per heavy atom. The van der Waals surface area contributed by atoms with Crippen molar-refractivity contribution in [2.24, 2.45) is 0 Å². The Hall–Kier alpha value is -2.35. The second-order valence-electron chi connectivity index (χ2n) is 5.76. The Kier molecular flexibility index (Phi) is 4.69. The summed E-state index contributed by atoms with van der Waals surface area (Å²) < 4.78 is 0. The van der Waals surface area contributed by atoms with Crippen molar-refractivity contribution in [1.82, 2.24) is 4.90 Å². The van der Waals surface area contributed by atoms with Crippen molar-refractivity contribution in [3.05, 3.63) is 77.9 Å². The molecule has 0 bridgehead atoms. The van der Waals surface area contributed by atoms with Crippen molar-refractivity contribution in [3.63, 3.8) is 0 Å². The van der Waals surface area contributed by atoms with Gasteiger partial charge in [-0.25, -0.2) is 0 Å². The molecule has 3 rings (SSSR count). The Morgan fingerprint density at radius 3 is 2.45 bits per heavy atom. The zero-order valence-electron chi connectivity index (χ0n) is 12.7. The second kappa shape index (κ2) is 7.08. The summed E-state index contributed by atoms with van der Waals surface area (Å²) in [6.07, 6.45) is 6.76. The summed E-state index contributed by atoms with van der Waals surface area (Å²) >= 11 is 0. The number of carbonyl (C=O) groups is 1. The summed E-state index contributed by atoms with van der Waals surface area (Å²) in [5.74, 6) is 0.127. The lowest BCUT2D eigenvalue weighted by Crippen LogP contribution is -2.35. The van der Waals surface area contributed by atoms with E-state index in [2.05, 4.69) is 24.3 Å². The van der Waals surface area contributed by atoms with Crippen LogP contribution in [0.1, 0.15) is 24.0 Å². The molecular weight excluding hydrogens is 270 g/mol. The topological polar surface area (TPSA) is 20.3 Å². The molecule has 1 saturated heterocycles. The first-order valence-electron chi connectivity index (χ1n) is 7.90. The highest BCUT2D eigenvalue weighted by Crippen LogP contribution is 2.21. The average Bonchev–Trinajstić information content (AvgIpc) is 3.03. The molecule has 2 nitrogen and oxygen atoms in total. The van der Waals surface area contributed by atoms with Gasteiger partial charge in [-0.05, 0) is 36.5 Å². The first kappa shape index (κ1) is 14.6. The van der Waals surface area contributed by atoms with Gasteiger partial charge in [-0.15, -0.1) is 0 Å². The average molecular weight is 291 g/mol. The van der Waals surface area contributed by atoms with Gasteiger partial charge in [0.2, 0.25) is 5.91 Å². The molecule has 1 aliphatic rings. The van der Waals surface area contributed by atoms with Crippen molar-refractivity contribution in [2.45, 2.75) is 25.3 Å². The van der Waals surface area contributed by atoms with E-state index in [0.29, 0.717) is 6.04 Å². The van der Waals surface area contributed by atoms with E-state index in [9.17, 15) is 4.79 Å². The monoisotopic (exact) mass is 291 g/mol. The predicted molar refractivity (Wildman–Crippen MR) is 90.4 cm³/mol. The highest BCUT2D eigenvalue weighted by molar-refractivity contribution is 5.92. The maximum atomic E-state index is 12.5. The third-order valence-electron chi connectivity index (χ3n) is 4.19. The van der Waals surface area contributed by atoms with Crippen LogP contribution < -0.4 is 0 Å². The molecule has 0 aromatic heterocycles. The first-order chi connectivity index (χ1) is 10.8. The lowest BCUT2D eigenvalue weighted by atomic mass is 10.0. The molecule has 2 aromatic rings. The molecule has 0 radical (unpaired) electrons. The highest BCUT2D eigenvalue weighted by atomic mass is 16.2. The first-order valence-corrected chi connectivity index (χ1v) is 7.90. The van der Waals surface area contributed by atoms with Crippen molar-refractivity contribution in [2.75, 3.05) is 6.54 Å². The number of rotatable bonds is 4. The van der Waals surface area contributed by atoms with Gasteiger partial charge in [0.1, 0.15) is 0 Å². The third-order valence-corrected chi connectivity index (χ3v) is 4.19. The van der Waals surface area contributed by atoms with Gasteiger partial charge in [0, 0.05) is 18.7 Å². The van der Waals surface area contributed by atoms with Gasteiger partial charge in [-0.1, -0.05) is 60.7 Å². The zero-order chi connectivity index (χ0) is 15.2. The normalized spacial score (nSPS) is 18.0. The molecule has 1 unspecified atom stereocenters. The van der Waals surface area contributed by atoms with Crippen LogP contribution in [0.5, 0.6) is 0 Å². The Balaban J connectivity index is 1.65. The number of hydrogen-bond donors (Lipinski definition) is 0. The molecule has 2 heteroatoms. The molecular formula is C20H21NO. The van der Waals surface area contributed by atoms with E-state index in [4.69, 9.17) is 0 Å². The van der Waals surface area contributed by atoms with Gasteiger partial charge in [0.25, 0.3) is 0 Å². The number of amides is 1. The van der Waals surface area contributed by atoms with Gasteiger partial charge in [-0.3, -0.25) is 4.79 Å². The maximum Gasteiger partial charge on any atom is 0.246 e. The standard InChI is InChI=1S/C20H21NO/c22-20(14-13-17-8-3-1-4-9-17)21-15-7-12-19(21)16-18-10-5-2-6-11-18/h1-6,8-11,13-14,19H,7,12,15-16H2/b14-13+. The number of nitrogens with zero attached hydrogens (tertiary/aromatic N) is 1. The lowest BCUT2D eigenvalue weighted by molar-refractivity contribution is -0.126. The fourth-order valence-corrected chi connectivity index (χ4v) is 3.05. The molecule has 1 fully saturated rings. The smallest absolute Gasteiger partial charge is 0.246 e. The van der Waals surface area contributed by atoms with E-state index in [0.717, 1.165) is 31.4 Å². The lowest BCUT2D eigenvalue weighted by Gasteiger charge is -2.23. The van der Waals surface area contributed by atoms with E-state index in [1.54, 1.807) is 6.08 Å². The predicted octanol–water partition coefficient (Wildman–Crippen LogP) is 3.93. The number of hydrogen-bond acceptors (Lipinski definition) is 1. The van der Waals surface area contributed by atoms with E-state index >= 15 is 0 Å². The quantitative estimate of drug-likeness (QED) is 0.782. The van der Waals surface area contributed by atoms with Gasteiger partial charge in [-0.2, -0.15) is 0 Å². The van der Waals surface area contributed by atoms with Crippen LogP contribution in [0.2, 0.25) is 0 Å². The molecule has 112 valence electrons. The van der Waals surface area contributed by atoms with E-state index in [-0.39, 0.29) is 5.91 Å². The summed E-state index contributed by atoms with van der Waals surface area (Å²) in [7, 11) is 0. The summed E-state index contributed by atoms with van der Waals surface area (Å²) in [4.78, 5) is 14.5. The summed E-state index contributed by atoms with van der Waals surface area (Å²) in [6, 6.07) is 20.7. The van der Waals surface area contributed by atoms with Crippen molar-refractivity contribution < 1.29 is 4.79 Å². The van der Waals surface area contributed by atoms with Crippen molar-refractivity contribution in [3.8, 4) is 0 Å². The highest BCUT2D eigenvalue weighted by Gasteiger charge is 2.27. The van der Waals surface area contributed by atoms with Crippen LogP contribution in [0.25, 0.3) is 6.08 Å². The summed E-state index contributed by atoms with van der Waals surface area (Å²) in [6.45, 7) is 0.870. The molecule has 1 amide bonds. The van der Waals surface area contributed by atoms with Crippen LogP contribution in [-0.2, 0) is 11.2 Å². The molecule has 0 N–H and O–H groups in total. The van der Waals surface area contributed by atoms with Crippen molar-refractivity contribution >= 4 is 12.0 Å². The largest absolute Gasteiger partial charge is 0.336 e. The number of carbonyl (C=O) groups excluding carboxylic acids is 1.